The fraction of sp³-hybridized carbons (Fsp3) is 0.400. The van der Waals surface area contributed by atoms with E-state index < -0.39 is 0 Å². The Morgan fingerprint density at radius 1 is 0.750 bits per heavy atom. The van der Waals surface area contributed by atoms with Crippen molar-refractivity contribution in [3.8, 4) is 34.5 Å². The molecule has 0 radical (unpaired) electrons. The van der Waals surface area contributed by atoms with E-state index in [0.717, 1.165) is 16.9 Å². The molecule has 2 unspecified atom stereocenters. The lowest BCUT2D eigenvalue weighted by atomic mass is 10.1. The van der Waals surface area contributed by atoms with Gasteiger partial charge in [0.25, 0.3) is 0 Å². The molecule has 152 valence electrons. The topological polar surface area (TPSA) is 66.4 Å². The van der Waals surface area contributed by atoms with Gasteiger partial charge in [0.05, 0.1) is 40.1 Å². The van der Waals surface area contributed by atoms with Crippen LogP contribution in [0, 0.1) is 0 Å². The zero-order chi connectivity index (χ0) is 20.3. The second-order valence-corrected chi connectivity index (χ2v) is 8.77. The maximum absolute atomic E-state index is 10.1. The van der Waals surface area contributed by atoms with Gasteiger partial charge >= 0.3 is 0 Å². The minimum atomic E-state index is 0.0191. The van der Waals surface area contributed by atoms with Crippen LogP contribution < -0.4 is 23.7 Å². The van der Waals surface area contributed by atoms with Crippen LogP contribution in [0.3, 0.4) is 0 Å². The average molecular weight is 425 g/mol. The minimum Gasteiger partial charge on any atom is -0.502 e. The summed E-state index contributed by atoms with van der Waals surface area (Å²) >= 11 is 3.68. The lowest BCUT2D eigenvalue weighted by molar-refractivity contribution is 0.324. The first kappa shape index (κ1) is 20.7. The molecule has 2 aromatic rings. The van der Waals surface area contributed by atoms with Crippen molar-refractivity contribution < 1.29 is 28.8 Å². The highest BCUT2D eigenvalue weighted by molar-refractivity contribution is 8.19. The summed E-state index contributed by atoms with van der Waals surface area (Å²) in [4.78, 5) is 0. The number of methoxy groups -OCH3 is 5. The number of aromatic hydroxyl groups is 1. The molecule has 0 amide bonds. The van der Waals surface area contributed by atoms with Crippen molar-refractivity contribution in [2.45, 2.75) is 9.83 Å². The molecule has 0 aliphatic carbocycles. The van der Waals surface area contributed by atoms with E-state index in [1.165, 1.54) is 14.2 Å². The maximum Gasteiger partial charge on any atom is 0.203 e. The van der Waals surface area contributed by atoms with Crippen LogP contribution >= 0.6 is 23.5 Å². The van der Waals surface area contributed by atoms with E-state index in [0.29, 0.717) is 28.7 Å². The Hall–Kier alpha value is -2.06. The molecule has 1 N–H and O–H groups in total. The molecule has 0 spiro atoms. The summed E-state index contributed by atoms with van der Waals surface area (Å²) < 4.78 is 27.2. The van der Waals surface area contributed by atoms with Crippen molar-refractivity contribution in [2.75, 3.05) is 41.3 Å². The van der Waals surface area contributed by atoms with Crippen LogP contribution in [-0.2, 0) is 0 Å². The van der Waals surface area contributed by atoms with Gasteiger partial charge in [-0.1, -0.05) is 0 Å². The minimum absolute atomic E-state index is 0.0191. The van der Waals surface area contributed by atoms with Crippen molar-refractivity contribution in [3.05, 3.63) is 35.4 Å². The van der Waals surface area contributed by atoms with Crippen molar-refractivity contribution in [3.63, 3.8) is 0 Å². The molecule has 1 aliphatic rings. The van der Waals surface area contributed by atoms with Crippen LogP contribution in [0.15, 0.2) is 24.3 Å². The zero-order valence-corrected chi connectivity index (χ0v) is 18.1. The van der Waals surface area contributed by atoms with Crippen LogP contribution in [0.1, 0.15) is 21.0 Å². The van der Waals surface area contributed by atoms with Crippen LogP contribution in [0.25, 0.3) is 0 Å². The predicted octanol–water partition coefficient (Wildman–Crippen LogP) is 4.66. The molecule has 1 saturated heterocycles. The predicted molar refractivity (Wildman–Crippen MR) is 113 cm³/mol. The summed E-state index contributed by atoms with van der Waals surface area (Å²) in [7, 11) is 7.91. The Bertz CT molecular complexity index is 791. The normalized spacial score (nSPS) is 18.6. The van der Waals surface area contributed by atoms with Crippen molar-refractivity contribution in [2.24, 2.45) is 0 Å². The molecule has 6 nitrogen and oxygen atoms in total. The molecule has 0 bridgehead atoms. The number of phenolic OH excluding ortho intramolecular Hbond substituents is 1. The third kappa shape index (κ3) is 3.89. The molecule has 1 heterocycles. The lowest BCUT2D eigenvalue weighted by Gasteiger charge is -2.17. The van der Waals surface area contributed by atoms with Gasteiger partial charge in [-0.25, -0.2) is 0 Å². The van der Waals surface area contributed by atoms with E-state index in [9.17, 15) is 5.11 Å². The van der Waals surface area contributed by atoms with Gasteiger partial charge in [0.1, 0.15) is 0 Å². The molecule has 0 saturated carbocycles. The monoisotopic (exact) mass is 424 g/mol. The van der Waals surface area contributed by atoms with Crippen molar-refractivity contribution >= 4 is 23.5 Å². The summed E-state index contributed by atoms with van der Waals surface area (Å²) in [5.74, 6) is 3.65. The lowest BCUT2D eigenvalue weighted by Crippen LogP contribution is -1.98. The summed E-state index contributed by atoms with van der Waals surface area (Å²) in [6.45, 7) is 0. The number of thioether (sulfide) groups is 2. The summed E-state index contributed by atoms with van der Waals surface area (Å²) in [6, 6.07) is 7.72. The van der Waals surface area contributed by atoms with E-state index in [1.807, 2.05) is 47.8 Å². The highest BCUT2D eigenvalue weighted by atomic mass is 32.2. The first-order valence-corrected chi connectivity index (χ1v) is 10.6. The van der Waals surface area contributed by atoms with Crippen LogP contribution in [0.5, 0.6) is 34.5 Å². The Morgan fingerprint density at radius 3 is 1.71 bits per heavy atom. The van der Waals surface area contributed by atoms with Gasteiger partial charge in [-0.3, -0.25) is 0 Å². The Morgan fingerprint density at radius 2 is 1.25 bits per heavy atom. The summed E-state index contributed by atoms with van der Waals surface area (Å²) in [5.41, 5.74) is 2.16. The fourth-order valence-electron chi connectivity index (χ4n) is 3.09. The Labute approximate surface area is 173 Å². The van der Waals surface area contributed by atoms with Crippen LogP contribution in [-0.4, -0.2) is 46.4 Å². The number of hydrogen-bond acceptors (Lipinski definition) is 8. The van der Waals surface area contributed by atoms with Crippen molar-refractivity contribution in [1.82, 2.24) is 0 Å². The maximum atomic E-state index is 10.1. The second-order valence-electron chi connectivity index (χ2n) is 6.02. The molecule has 1 aliphatic heterocycles. The number of phenols is 1. The average Bonchev–Trinajstić information content (AvgIpc) is 3.23. The molecule has 1 fully saturated rings. The first-order valence-electron chi connectivity index (χ1n) is 8.58. The van der Waals surface area contributed by atoms with E-state index in [1.54, 1.807) is 21.3 Å². The number of rotatable bonds is 7. The van der Waals surface area contributed by atoms with Gasteiger partial charge in [-0.2, -0.15) is 0 Å². The highest BCUT2D eigenvalue weighted by Gasteiger charge is 2.31. The summed E-state index contributed by atoms with van der Waals surface area (Å²) in [5, 5.41) is 10.4. The smallest absolute Gasteiger partial charge is 0.203 e. The fourth-order valence-corrected chi connectivity index (χ4v) is 6.35. The van der Waals surface area contributed by atoms with E-state index in [2.05, 4.69) is 0 Å². The van der Waals surface area contributed by atoms with E-state index >= 15 is 0 Å². The number of hydrogen-bond donors (Lipinski definition) is 1. The van der Waals surface area contributed by atoms with Gasteiger partial charge in [0.2, 0.25) is 11.5 Å². The molecule has 2 atom stereocenters. The molecule has 28 heavy (non-hydrogen) atoms. The quantitative estimate of drug-likeness (QED) is 0.689. The third-order valence-corrected chi connectivity index (χ3v) is 7.86. The van der Waals surface area contributed by atoms with Gasteiger partial charge in [0.15, 0.2) is 23.0 Å². The number of benzene rings is 2. The molecule has 8 heteroatoms. The Balaban J connectivity index is 1.88. The van der Waals surface area contributed by atoms with Crippen LogP contribution in [0.4, 0.5) is 0 Å². The second kappa shape index (κ2) is 8.96. The van der Waals surface area contributed by atoms with Gasteiger partial charge < -0.3 is 28.8 Å². The SMILES string of the molecule is COc1cc(C2CSC(c3cc(OC)c(OC)c(OC)c3)S2)cc(OC)c1O. The summed E-state index contributed by atoms with van der Waals surface area (Å²) in [6.07, 6.45) is 0. The Kier molecular flexibility index (Phi) is 6.61. The molecule has 3 rings (SSSR count). The largest absolute Gasteiger partial charge is 0.502 e. The van der Waals surface area contributed by atoms with Gasteiger partial charge in [0, 0.05) is 11.0 Å². The number of ether oxygens (including phenoxy) is 5. The molecular weight excluding hydrogens is 400 g/mol. The molecule has 2 aromatic carbocycles. The van der Waals surface area contributed by atoms with Crippen molar-refractivity contribution in [1.29, 1.82) is 0 Å². The van der Waals surface area contributed by atoms with Gasteiger partial charge in [-0.05, 0) is 35.4 Å². The molecular formula is C20H24O6S2. The highest BCUT2D eigenvalue weighted by Crippen LogP contribution is 2.58. The first-order chi connectivity index (χ1) is 13.6. The zero-order valence-electron chi connectivity index (χ0n) is 16.5. The third-order valence-electron chi connectivity index (χ3n) is 4.52. The molecule has 0 aromatic heterocycles. The van der Waals surface area contributed by atoms with Crippen LogP contribution in [0.2, 0.25) is 0 Å². The van der Waals surface area contributed by atoms with E-state index in [-0.39, 0.29) is 15.6 Å². The van der Waals surface area contributed by atoms with Gasteiger partial charge in [-0.15, -0.1) is 23.5 Å². The van der Waals surface area contributed by atoms with E-state index in [4.69, 9.17) is 23.7 Å². The standard InChI is InChI=1S/C20H24O6S2/c1-22-13-6-11(7-14(23-2)18(13)21)17-10-27-20(28-17)12-8-15(24-3)19(26-5)16(9-12)25-4/h6-9,17,20-21H,10H2,1-5H3.